The molecule has 0 spiro atoms. The molecule has 6 nitrogen and oxygen atoms in total. The van der Waals surface area contributed by atoms with Crippen molar-refractivity contribution in [3.63, 3.8) is 0 Å². The van der Waals surface area contributed by atoms with Gasteiger partial charge in [0, 0.05) is 24.2 Å². The van der Waals surface area contributed by atoms with Crippen LogP contribution in [0.4, 0.5) is 0 Å². The summed E-state index contributed by atoms with van der Waals surface area (Å²) >= 11 is 11.6. The molecule has 1 aromatic carbocycles. The molecular formula is C22H31ClN4O2S2. The van der Waals surface area contributed by atoms with Crippen LogP contribution in [0.25, 0.3) is 0 Å². The lowest BCUT2D eigenvalue weighted by Crippen LogP contribution is -2.42. The Morgan fingerprint density at radius 1 is 1.35 bits per heavy atom. The number of rotatable bonds is 10. The predicted molar refractivity (Wildman–Crippen MR) is 131 cm³/mol. The third-order valence-corrected chi connectivity index (χ3v) is 6.58. The third kappa shape index (κ3) is 7.33. The molecule has 1 aromatic heterocycles. The standard InChI is InChI=1S/C22H31ClN4O2S2/c1-6-10-26(21(30)25-17(4)5)14-20-12-24-22(27(20)13-16(2)3)31(28,29)15-18-8-7-9-19(23)11-18/h6-9,11-12,16-17H,1,10,13-15H2,2-5H3,(H,25,30). The van der Waals surface area contributed by atoms with Gasteiger partial charge in [-0.05, 0) is 49.7 Å². The largest absolute Gasteiger partial charge is 0.360 e. The maximum absolute atomic E-state index is 13.2. The predicted octanol–water partition coefficient (Wildman–Crippen LogP) is 4.44. The Bertz CT molecular complexity index is 1020. The van der Waals surface area contributed by atoms with Gasteiger partial charge in [-0.25, -0.2) is 13.4 Å². The SMILES string of the molecule is C=CCN(Cc1cnc(S(=O)(=O)Cc2cccc(Cl)c2)n1CC(C)C)C(=S)NC(C)C. The van der Waals surface area contributed by atoms with Crippen molar-refractivity contribution in [2.24, 2.45) is 5.92 Å². The Morgan fingerprint density at radius 2 is 2.06 bits per heavy atom. The number of sulfone groups is 1. The average molecular weight is 483 g/mol. The molecule has 0 aliphatic heterocycles. The molecule has 0 fully saturated rings. The van der Waals surface area contributed by atoms with Gasteiger partial charge >= 0.3 is 0 Å². The van der Waals surface area contributed by atoms with Crippen LogP contribution in [0.2, 0.25) is 5.02 Å². The Hall–Kier alpha value is -1.90. The molecule has 0 saturated heterocycles. The van der Waals surface area contributed by atoms with Crippen molar-refractivity contribution in [1.29, 1.82) is 0 Å². The molecule has 0 bridgehead atoms. The molecule has 1 heterocycles. The molecule has 0 aliphatic carbocycles. The number of hydrogen-bond acceptors (Lipinski definition) is 4. The highest BCUT2D eigenvalue weighted by molar-refractivity contribution is 7.90. The van der Waals surface area contributed by atoms with Gasteiger partial charge in [-0.2, -0.15) is 0 Å². The van der Waals surface area contributed by atoms with E-state index >= 15 is 0 Å². The third-order valence-electron chi connectivity index (χ3n) is 4.37. The van der Waals surface area contributed by atoms with Gasteiger partial charge in [-0.3, -0.25) is 0 Å². The Balaban J connectivity index is 2.39. The summed E-state index contributed by atoms with van der Waals surface area (Å²) < 4.78 is 28.2. The smallest absolute Gasteiger partial charge is 0.228 e. The van der Waals surface area contributed by atoms with Crippen molar-refractivity contribution in [1.82, 2.24) is 19.8 Å². The summed E-state index contributed by atoms with van der Waals surface area (Å²) in [6.07, 6.45) is 3.40. The number of thiocarbonyl (C=S) groups is 1. The van der Waals surface area contributed by atoms with Gasteiger partial charge in [0.15, 0.2) is 5.11 Å². The van der Waals surface area contributed by atoms with Crippen LogP contribution in [0, 0.1) is 5.92 Å². The molecular weight excluding hydrogens is 452 g/mol. The van der Waals surface area contributed by atoms with Gasteiger partial charge in [0.2, 0.25) is 15.0 Å². The van der Waals surface area contributed by atoms with Crippen LogP contribution in [-0.2, 0) is 28.7 Å². The fourth-order valence-electron chi connectivity index (χ4n) is 3.15. The molecule has 0 amide bonds. The minimum absolute atomic E-state index is 0.0671. The van der Waals surface area contributed by atoms with Crippen LogP contribution in [0.5, 0.6) is 0 Å². The number of imidazole rings is 1. The molecule has 0 saturated carbocycles. The normalized spacial score (nSPS) is 11.7. The second-order valence-corrected chi connectivity index (χ2v) is 10.9. The van der Waals surface area contributed by atoms with E-state index < -0.39 is 9.84 Å². The van der Waals surface area contributed by atoms with E-state index in [1.165, 1.54) is 0 Å². The zero-order chi connectivity index (χ0) is 23.2. The zero-order valence-electron chi connectivity index (χ0n) is 18.5. The van der Waals surface area contributed by atoms with E-state index in [1.54, 1.807) is 41.1 Å². The molecule has 9 heteroatoms. The highest BCUT2D eigenvalue weighted by atomic mass is 35.5. The molecule has 0 unspecified atom stereocenters. The van der Waals surface area contributed by atoms with E-state index in [4.69, 9.17) is 23.8 Å². The summed E-state index contributed by atoms with van der Waals surface area (Å²) in [6, 6.07) is 7.07. The first-order chi connectivity index (χ1) is 14.5. The van der Waals surface area contributed by atoms with E-state index in [2.05, 4.69) is 16.9 Å². The van der Waals surface area contributed by atoms with Crippen LogP contribution < -0.4 is 5.32 Å². The second-order valence-electron chi connectivity index (χ2n) is 8.20. The number of nitrogens with one attached hydrogen (secondary N) is 1. The number of nitrogens with zero attached hydrogens (tertiary/aromatic N) is 3. The number of halogens is 1. The first-order valence-corrected chi connectivity index (χ1v) is 12.6. The maximum Gasteiger partial charge on any atom is 0.228 e. The van der Waals surface area contributed by atoms with Crippen LogP contribution in [-0.4, -0.2) is 40.6 Å². The Kier molecular flexibility index (Phi) is 9.09. The molecule has 0 atom stereocenters. The summed E-state index contributed by atoms with van der Waals surface area (Å²) in [4.78, 5) is 6.27. The lowest BCUT2D eigenvalue weighted by atomic mass is 10.2. The fraction of sp³-hybridized carbons (Fsp3) is 0.455. The van der Waals surface area contributed by atoms with E-state index in [0.717, 1.165) is 5.69 Å². The van der Waals surface area contributed by atoms with Crippen molar-refractivity contribution < 1.29 is 8.42 Å². The number of hydrogen-bond donors (Lipinski definition) is 1. The highest BCUT2D eigenvalue weighted by Gasteiger charge is 2.25. The second kappa shape index (κ2) is 11.1. The van der Waals surface area contributed by atoms with Crippen molar-refractivity contribution >= 4 is 38.8 Å². The Labute approximate surface area is 196 Å². The van der Waals surface area contributed by atoms with Crippen LogP contribution in [0.1, 0.15) is 39.0 Å². The van der Waals surface area contributed by atoms with Gasteiger partial charge < -0.3 is 14.8 Å². The maximum atomic E-state index is 13.2. The molecule has 2 aromatic rings. The number of aromatic nitrogens is 2. The van der Waals surface area contributed by atoms with Crippen LogP contribution in [0.15, 0.2) is 48.3 Å². The summed E-state index contributed by atoms with van der Waals surface area (Å²) in [5.74, 6) is 0.0767. The van der Waals surface area contributed by atoms with Crippen molar-refractivity contribution in [2.45, 2.75) is 57.7 Å². The van der Waals surface area contributed by atoms with Crippen molar-refractivity contribution in [3.05, 3.63) is 59.4 Å². The highest BCUT2D eigenvalue weighted by Crippen LogP contribution is 2.21. The minimum atomic E-state index is -3.67. The van der Waals surface area contributed by atoms with Gasteiger partial charge in [0.05, 0.1) is 24.2 Å². The van der Waals surface area contributed by atoms with Crippen LogP contribution >= 0.6 is 23.8 Å². The summed E-state index contributed by atoms with van der Waals surface area (Å²) in [5.41, 5.74) is 1.41. The lowest BCUT2D eigenvalue weighted by Gasteiger charge is -2.26. The quantitative estimate of drug-likeness (QED) is 0.399. The topological polar surface area (TPSA) is 67.2 Å². The molecule has 0 radical (unpaired) electrons. The van der Waals surface area contributed by atoms with Gasteiger partial charge in [-0.15, -0.1) is 6.58 Å². The zero-order valence-corrected chi connectivity index (χ0v) is 20.9. The van der Waals surface area contributed by atoms with Gasteiger partial charge in [0.25, 0.3) is 0 Å². The van der Waals surface area contributed by atoms with Crippen LogP contribution in [0.3, 0.4) is 0 Å². The minimum Gasteiger partial charge on any atom is -0.360 e. The van der Waals surface area contributed by atoms with Gasteiger partial charge in [0.1, 0.15) is 0 Å². The first-order valence-electron chi connectivity index (χ1n) is 10.2. The summed E-state index contributed by atoms with van der Waals surface area (Å²) in [7, 11) is -3.67. The van der Waals surface area contributed by atoms with Crippen molar-refractivity contribution in [3.8, 4) is 0 Å². The number of benzene rings is 1. The lowest BCUT2D eigenvalue weighted by molar-refractivity contribution is 0.402. The fourth-order valence-corrected chi connectivity index (χ4v) is 5.22. The monoisotopic (exact) mass is 482 g/mol. The average Bonchev–Trinajstić information content (AvgIpc) is 3.03. The van der Waals surface area contributed by atoms with E-state index in [1.807, 2.05) is 32.6 Å². The van der Waals surface area contributed by atoms with Crippen molar-refractivity contribution in [2.75, 3.05) is 6.54 Å². The Morgan fingerprint density at radius 3 is 2.65 bits per heavy atom. The van der Waals surface area contributed by atoms with Gasteiger partial charge in [-0.1, -0.05) is 43.7 Å². The molecule has 0 aliphatic rings. The summed E-state index contributed by atoms with van der Waals surface area (Å²) in [6.45, 7) is 13.4. The molecule has 1 N–H and O–H groups in total. The molecule has 170 valence electrons. The van der Waals surface area contributed by atoms with E-state index in [-0.39, 0.29) is 22.9 Å². The van der Waals surface area contributed by atoms with E-state index in [0.29, 0.717) is 35.3 Å². The summed E-state index contributed by atoms with van der Waals surface area (Å²) in [5, 5.41) is 4.40. The van der Waals surface area contributed by atoms with E-state index in [9.17, 15) is 8.42 Å². The first kappa shape index (κ1) is 25.4. The molecule has 2 rings (SSSR count). The molecule has 31 heavy (non-hydrogen) atoms.